The molecule has 2 saturated carbocycles. The molecule has 4 fully saturated rings. The quantitative estimate of drug-likeness (QED) is 0.117. The molecule has 8 atom stereocenters. The van der Waals surface area contributed by atoms with Gasteiger partial charge in [0.15, 0.2) is 0 Å². The van der Waals surface area contributed by atoms with Gasteiger partial charge in [0.25, 0.3) is 0 Å². The third kappa shape index (κ3) is 6.99. The van der Waals surface area contributed by atoms with Gasteiger partial charge in [0.05, 0.1) is 35.9 Å². The van der Waals surface area contributed by atoms with Crippen molar-refractivity contribution in [1.82, 2.24) is 40.0 Å². The second-order valence-electron chi connectivity index (χ2n) is 17.6. The van der Waals surface area contributed by atoms with E-state index in [9.17, 15) is 24.3 Å². The van der Waals surface area contributed by atoms with Gasteiger partial charge in [-0.25, -0.2) is 19.6 Å². The second-order valence-corrected chi connectivity index (χ2v) is 17.6. The maximum atomic E-state index is 13.9. The van der Waals surface area contributed by atoms with Crippen molar-refractivity contribution in [1.29, 1.82) is 0 Å². The number of carbonyl (C=O) groups is 4. The number of aromatic nitrogens is 4. The molecule has 14 nitrogen and oxygen atoms in total. The first-order valence-corrected chi connectivity index (χ1v) is 20.9. The molecule has 9 rings (SSSR count). The Hall–Kier alpha value is -6.36. The monoisotopic (exact) mass is 810 g/mol. The molecule has 3 aromatic carbocycles. The van der Waals surface area contributed by atoms with Crippen LogP contribution in [0, 0.1) is 35.5 Å². The number of piperidine rings is 2. The van der Waals surface area contributed by atoms with E-state index in [2.05, 4.69) is 39.3 Å². The summed E-state index contributed by atoms with van der Waals surface area (Å²) in [6.45, 7) is 7.60. The Morgan fingerprint density at radius 2 is 1.48 bits per heavy atom. The molecule has 2 saturated heterocycles. The Balaban J connectivity index is 0.894. The molecule has 5 aromatic rings. The molecule has 14 heteroatoms. The SMILES string of the molecule is COC(=O)N[C@H](C(=O)N1[C@@H]2C[C@H]2C[C@H]1c1nc2ccc3cc(C#Cc4ccc(-c5c[nH]c([C@@H]6C[C@H]7C[C@H]7N6C(=O)[C@H](C(C)C)N(C)C(=O)O)n5)cc4)ccc3c2[nH]1)C(C)C. The van der Waals surface area contributed by atoms with Crippen LogP contribution in [0.1, 0.15) is 88.2 Å². The van der Waals surface area contributed by atoms with Gasteiger partial charge < -0.3 is 34.9 Å². The predicted molar refractivity (Wildman–Crippen MR) is 224 cm³/mol. The number of rotatable bonds is 9. The molecule has 310 valence electrons. The fourth-order valence-electron chi connectivity index (χ4n) is 9.65. The van der Waals surface area contributed by atoms with E-state index in [-0.39, 0.29) is 47.8 Å². The molecule has 2 aliphatic heterocycles. The Bertz CT molecular complexity index is 2590. The van der Waals surface area contributed by atoms with Gasteiger partial charge in [-0.1, -0.05) is 63.8 Å². The number of nitrogens with zero attached hydrogens (tertiary/aromatic N) is 5. The van der Waals surface area contributed by atoms with Gasteiger partial charge in [-0.3, -0.25) is 14.5 Å². The molecule has 0 radical (unpaired) electrons. The van der Waals surface area contributed by atoms with Crippen molar-refractivity contribution in [2.24, 2.45) is 23.7 Å². The van der Waals surface area contributed by atoms with Crippen molar-refractivity contribution < 1.29 is 29.0 Å². The maximum Gasteiger partial charge on any atom is 0.407 e. The molecule has 4 N–H and O–H groups in total. The molecule has 60 heavy (non-hydrogen) atoms. The van der Waals surface area contributed by atoms with Gasteiger partial charge in [-0.05, 0) is 85.1 Å². The molecular weight excluding hydrogens is 761 g/mol. The number of H-pyrrole nitrogens is 2. The van der Waals surface area contributed by atoms with Crippen LogP contribution in [0.25, 0.3) is 33.1 Å². The minimum absolute atomic E-state index is 0.106. The number of likely N-dealkylation sites (N-methyl/N-ethyl adjacent to an activating group) is 1. The molecule has 0 unspecified atom stereocenters. The van der Waals surface area contributed by atoms with E-state index in [4.69, 9.17) is 14.7 Å². The van der Waals surface area contributed by atoms with Crippen LogP contribution >= 0.6 is 0 Å². The Kier molecular flexibility index (Phi) is 9.80. The number of nitrogens with one attached hydrogen (secondary N) is 3. The standard InChI is InChI=1S/C46H50N8O6/c1-23(2)38(51-45(57)60-6)43(55)53-34-18-30(34)21-37(53)42-48-32-16-14-28-17-26(11-15-31(28)39(32)50-42)8-7-25-9-12-27(13-10-25)33-22-47-41(49-33)36-20-29-19-35(29)54(36)44(56)40(24(3)4)52(5)46(58)59/h9-17,22-24,29-30,34-38,40H,18-21H2,1-6H3,(H,47,49)(H,48,50)(H,51,57)(H,58,59)/t29-,30+,34-,35-,36+,37+,38+,40+/m1/s1. The van der Waals surface area contributed by atoms with Crippen molar-refractivity contribution in [3.63, 3.8) is 0 Å². The van der Waals surface area contributed by atoms with Crippen molar-refractivity contribution in [2.45, 2.75) is 89.6 Å². The lowest BCUT2D eigenvalue weighted by Gasteiger charge is -2.35. The van der Waals surface area contributed by atoms with E-state index >= 15 is 0 Å². The van der Waals surface area contributed by atoms with Crippen molar-refractivity contribution in [2.75, 3.05) is 14.2 Å². The average molecular weight is 811 g/mol. The maximum absolute atomic E-state index is 13.9. The largest absolute Gasteiger partial charge is 0.465 e. The first kappa shape index (κ1) is 39.1. The Morgan fingerprint density at radius 3 is 2.13 bits per heavy atom. The topological polar surface area (TPSA) is 177 Å². The van der Waals surface area contributed by atoms with Crippen LogP contribution in [0.15, 0.2) is 60.8 Å². The second kappa shape index (κ2) is 15.0. The molecule has 4 amide bonds. The number of likely N-dealkylation sites (tertiary alicyclic amines) is 2. The number of amides is 4. The van der Waals surface area contributed by atoms with Crippen LogP contribution < -0.4 is 5.32 Å². The summed E-state index contributed by atoms with van der Waals surface area (Å²) >= 11 is 0. The molecule has 0 bridgehead atoms. The van der Waals surface area contributed by atoms with Gasteiger partial charge in [0, 0.05) is 47.4 Å². The van der Waals surface area contributed by atoms with Crippen LogP contribution in [-0.2, 0) is 14.3 Å². The molecule has 2 aromatic heterocycles. The Morgan fingerprint density at radius 1 is 0.833 bits per heavy atom. The number of carboxylic acid groups (broad SMARTS) is 1. The molecule has 4 aliphatic rings. The highest BCUT2D eigenvalue weighted by atomic mass is 16.5. The van der Waals surface area contributed by atoms with Crippen molar-refractivity contribution in [3.05, 3.63) is 83.6 Å². The summed E-state index contributed by atoms with van der Waals surface area (Å²) in [7, 11) is 2.76. The van der Waals surface area contributed by atoms with E-state index in [0.29, 0.717) is 17.7 Å². The van der Waals surface area contributed by atoms with E-state index in [0.717, 1.165) is 80.6 Å². The number of alkyl carbamates (subject to hydrolysis) is 1. The number of carbonyl (C=O) groups excluding carboxylic acids is 3. The smallest absolute Gasteiger partial charge is 0.407 e. The number of fused-ring (bicyclic) bond motifs is 5. The van der Waals surface area contributed by atoms with E-state index in [1.807, 2.05) is 86.2 Å². The molecule has 2 aliphatic carbocycles. The number of methoxy groups -OCH3 is 1. The minimum atomic E-state index is -1.12. The lowest BCUT2D eigenvalue weighted by atomic mass is 10.0. The Labute approximate surface area is 348 Å². The van der Waals surface area contributed by atoms with E-state index in [1.165, 1.54) is 14.2 Å². The van der Waals surface area contributed by atoms with Crippen LogP contribution in [0.4, 0.5) is 9.59 Å². The van der Waals surface area contributed by atoms with E-state index < -0.39 is 24.3 Å². The number of imidazole rings is 2. The highest BCUT2D eigenvalue weighted by Crippen LogP contribution is 2.54. The number of benzene rings is 3. The minimum Gasteiger partial charge on any atom is -0.465 e. The van der Waals surface area contributed by atoms with Crippen LogP contribution in [0.2, 0.25) is 0 Å². The number of ether oxygens (including phenoxy) is 1. The summed E-state index contributed by atoms with van der Waals surface area (Å²) in [4.78, 5) is 73.3. The third-order valence-corrected chi connectivity index (χ3v) is 13.0. The molecular formula is C46H50N8O6. The zero-order valence-electron chi connectivity index (χ0n) is 34.6. The number of hydrogen-bond donors (Lipinski definition) is 4. The van der Waals surface area contributed by atoms with Gasteiger partial charge in [0.2, 0.25) is 11.8 Å². The summed E-state index contributed by atoms with van der Waals surface area (Å²) < 4.78 is 4.81. The summed E-state index contributed by atoms with van der Waals surface area (Å²) in [5.41, 5.74) is 5.15. The fraction of sp³-hybridized carbons (Fsp3) is 0.435. The van der Waals surface area contributed by atoms with E-state index in [1.54, 1.807) is 0 Å². The first-order valence-electron chi connectivity index (χ1n) is 20.9. The first-order chi connectivity index (χ1) is 28.8. The van der Waals surface area contributed by atoms with Gasteiger partial charge in [0.1, 0.15) is 23.7 Å². The van der Waals surface area contributed by atoms with Crippen LogP contribution in [-0.4, -0.2) is 102 Å². The number of hydrogen-bond acceptors (Lipinski definition) is 7. The molecule has 4 heterocycles. The highest BCUT2D eigenvalue weighted by molar-refractivity contribution is 6.04. The lowest BCUT2D eigenvalue weighted by molar-refractivity contribution is -0.140. The van der Waals surface area contributed by atoms with Gasteiger partial charge in [-0.2, -0.15) is 0 Å². The normalized spacial score (nSPS) is 23.5. The lowest BCUT2D eigenvalue weighted by Crippen LogP contribution is -2.52. The summed E-state index contributed by atoms with van der Waals surface area (Å²) in [5, 5.41) is 14.4. The summed E-state index contributed by atoms with van der Waals surface area (Å²) in [5.74, 6) is 8.38. The van der Waals surface area contributed by atoms with Crippen molar-refractivity contribution in [3.8, 4) is 23.1 Å². The summed E-state index contributed by atoms with van der Waals surface area (Å²) in [6, 6.07) is 16.5. The molecule has 0 spiro atoms. The average Bonchev–Trinajstić information content (AvgIpc) is 3.85. The van der Waals surface area contributed by atoms with Gasteiger partial charge >= 0.3 is 12.2 Å². The fourth-order valence-corrected chi connectivity index (χ4v) is 9.65. The summed E-state index contributed by atoms with van der Waals surface area (Å²) in [6.07, 6.45) is 3.68. The zero-order valence-corrected chi connectivity index (χ0v) is 34.6. The van der Waals surface area contributed by atoms with Crippen LogP contribution in [0.5, 0.6) is 0 Å². The van der Waals surface area contributed by atoms with Crippen LogP contribution in [0.3, 0.4) is 0 Å². The van der Waals surface area contributed by atoms with Crippen molar-refractivity contribution >= 4 is 45.8 Å². The number of aromatic amines is 2. The third-order valence-electron chi connectivity index (χ3n) is 13.0. The van der Waals surface area contributed by atoms with Gasteiger partial charge in [-0.15, -0.1) is 0 Å². The predicted octanol–water partition coefficient (Wildman–Crippen LogP) is 6.84. The highest BCUT2D eigenvalue weighted by Gasteiger charge is 2.57. The zero-order chi connectivity index (χ0) is 42.1.